The van der Waals surface area contributed by atoms with Crippen molar-refractivity contribution < 1.29 is 4.74 Å². The highest BCUT2D eigenvalue weighted by atomic mass is 16.5. The lowest BCUT2D eigenvalue weighted by molar-refractivity contribution is 0.224. The van der Waals surface area contributed by atoms with Crippen molar-refractivity contribution in [2.24, 2.45) is 5.11 Å². The molecule has 0 radical (unpaired) electrons. The topological polar surface area (TPSA) is 45.4 Å². The Morgan fingerprint density at radius 3 is 2.56 bits per heavy atom. The van der Waals surface area contributed by atoms with Gasteiger partial charge in [0.1, 0.15) is 6.61 Å². The van der Waals surface area contributed by atoms with Crippen LogP contribution in [0.2, 0.25) is 0 Å². The SMILES string of the molecule is N=NC1=CC=C(CCc2ccccc2)CO1. The number of hydrogen-bond donors (Lipinski definition) is 1. The fourth-order valence-electron chi connectivity index (χ4n) is 1.63. The molecule has 0 spiro atoms. The van der Waals surface area contributed by atoms with Crippen LogP contribution in [-0.4, -0.2) is 6.61 Å². The Hall–Kier alpha value is -1.90. The first-order chi connectivity index (χ1) is 7.88. The molecule has 0 amide bonds. The first-order valence-electron chi connectivity index (χ1n) is 5.32. The zero-order valence-electron chi connectivity index (χ0n) is 9.02. The fraction of sp³-hybridized carbons (Fsp3) is 0.231. The monoisotopic (exact) mass is 214 g/mol. The van der Waals surface area contributed by atoms with Crippen LogP contribution in [0.4, 0.5) is 0 Å². The third kappa shape index (κ3) is 2.79. The molecule has 0 saturated heterocycles. The molecule has 3 heteroatoms. The van der Waals surface area contributed by atoms with Gasteiger partial charge in [-0.25, -0.2) is 5.53 Å². The second-order valence-corrected chi connectivity index (χ2v) is 3.72. The van der Waals surface area contributed by atoms with Gasteiger partial charge in [0.2, 0.25) is 5.88 Å². The summed E-state index contributed by atoms with van der Waals surface area (Å²) in [4.78, 5) is 0. The molecule has 0 atom stereocenters. The van der Waals surface area contributed by atoms with Crippen molar-refractivity contribution in [2.75, 3.05) is 6.61 Å². The molecule has 1 aromatic rings. The van der Waals surface area contributed by atoms with E-state index in [-0.39, 0.29) is 0 Å². The van der Waals surface area contributed by atoms with Gasteiger partial charge in [0.15, 0.2) is 0 Å². The predicted molar refractivity (Wildman–Crippen MR) is 62.0 cm³/mol. The van der Waals surface area contributed by atoms with Gasteiger partial charge in [0.25, 0.3) is 0 Å². The fourth-order valence-corrected chi connectivity index (χ4v) is 1.63. The zero-order valence-corrected chi connectivity index (χ0v) is 9.02. The summed E-state index contributed by atoms with van der Waals surface area (Å²) in [7, 11) is 0. The van der Waals surface area contributed by atoms with Crippen LogP contribution in [-0.2, 0) is 11.2 Å². The highest BCUT2D eigenvalue weighted by Gasteiger charge is 2.06. The second-order valence-electron chi connectivity index (χ2n) is 3.72. The third-order valence-corrected chi connectivity index (χ3v) is 2.55. The molecular formula is C13H14N2O. The number of rotatable bonds is 4. The molecule has 1 aliphatic heterocycles. The molecule has 1 aromatic carbocycles. The van der Waals surface area contributed by atoms with E-state index in [1.807, 2.05) is 12.1 Å². The Bertz CT molecular complexity index is 421. The van der Waals surface area contributed by atoms with Crippen LogP contribution >= 0.6 is 0 Å². The summed E-state index contributed by atoms with van der Waals surface area (Å²) in [6.07, 6.45) is 5.76. The van der Waals surface area contributed by atoms with Crippen molar-refractivity contribution in [1.82, 2.24) is 0 Å². The quantitative estimate of drug-likeness (QED) is 0.766. The minimum atomic E-state index is 0.392. The van der Waals surface area contributed by atoms with Crippen LogP contribution in [0.1, 0.15) is 12.0 Å². The van der Waals surface area contributed by atoms with E-state index in [9.17, 15) is 0 Å². The summed E-state index contributed by atoms with van der Waals surface area (Å²) in [5, 5.41) is 3.24. The smallest absolute Gasteiger partial charge is 0.232 e. The van der Waals surface area contributed by atoms with E-state index in [1.165, 1.54) is 11.1 Å². The highest BCUT2D eigenvalue weighted by molar-refractivity contribution is 5.21. The summed E-state index contributed by atoms with van der Waals surface area (Å²) in [5.41, 5.74) is 9.38. The number of nitrogens with zero attached hydrogens (tertiary/aromatic N) is 1. The molecule has 82 valence electrons. The number of aryl methyl sites for hydroxylation is 1. The van der Waals surface area contributed by atoms with Crippen molar-refractivity contribution in [3.8, 4) is 0 Å². The number of ether oxygens (including phenoxy) is 1. The molecule has 0 aromatic heterocycles. The van der Waals surface area contributed by atoms with Gasteiger partial charge in [0, 0.05) is 6.08 Å². The van der Waals surface area contributed by atoms with E-state index >= 15 is 0 Å². The van der Waals surface area contributed by atoms with Gasteiger partial charge >= 0.3 is 0 Å². The first-order valence-corrected chi connectivity index (χ1v) is 5.32. The van der Waals surface area contributed by atoms with Crippen LogP contribution in [0.25, 0.3) is 0 Å². The molecule has 0 fully saturated rings. The maximum atomic E-state index is 6.80. The lowest BCUT2D eigenvalue weighted by atomic mass is 10.0. The lowest BCUT2D eigenvalue weighted by Gasteiger charge is -2.12. The minimum absolute atomic E-state index is 0.392. The van der Waals surface area contributed by atoms with Gasteiger partial charge in [-0.05, 0) is 24.0 Å². The Labute approximate surface area is 95.0 Å². The van der Waals surface area contributed by atoms with Crippen LogP contribution in [0.5, 0.6) is 0 Å². The Kier molecular flexibility index (Phi) is 3.49. The first kappa shape index (κ1) is 10.6. The molecule has 1 heterocycles. The molecule has 1 N–H and O–H groups in total. The van der Waals surface area contributed by atoms with Crippen LogP contribution in [0, 0.1) is 5.53 Å². The standard InChI is InChI=1S/C13H14N2O/c14-15-13-9-8-12(10-16-13)7-6-11-4-2-1-3-5-11/h1-5,8-9,14H,6-7,10H2. The highest BCUT2D eigenvalue weighted by Crippen LogP contribution is 2.16. The molecule has 0 unspecified atom stereocenters. The summed E-state index contributed by atoms with van der Waals surface area (Å²) < 4.78 is 5.27. The van der Waals surface area contributed by atoms with Crippen molar-refractivity contribution in [3.63, 3.8) is 0 Å². The van der Waals surface area contributed by atoms with E-state index in [1.54, 1.807) is 6.08 Å². The molecule has 0 bridgehead atoms. The van der Waals surface area contributed by atoms with Crippen molar-refractivity contribution >= 4 is 0 Å². The van der Waals surface area contributed by atoms with E-state index in [0.717, 1.165) is 12.8 Å². The number of allylic oxidation sites excluding steroid dienone is 2. The number of nitrogens with one attached hydrogen (secondary N) is 1. The van der Waals surface area contributed by atoms with Crippen molar-refractivity contribution in [2.45, 2.75) is 12.8 Å². The number of hydrogen-bond acceptors (Lipinski definition) is 3. The van der Waals surface area contributed by atoms with Gasteiger partial charge < -0.3 is 4.74 Å². The molecule has 16 heavy (non-hydrogen) atoms. The molecule has 1 aliphatic rings. The van der Waals surface area contributed by atoms with Crippen LogP contribution < -0.4 is 0 Å². The maximum Gasteiger partial charge on any atom is 0.232 e. The maximum absolute atomic E-state index is 6.80. The normalized spacial score (nSPS) is 14.8. The van der Waals surface area contributed by atoms with Crippen LogP contribution in [0.15, 0.2) is 59.1 Å². The van der Waals surface area contributed by atoms with Gasteiger partial charge in [0.05, 0.1) is 0 Å². The largest absolute Gasteiger partial charge is 0.472 e. The van der Waals surface area contributed by atoms with E-state index in [0.29, 0.717) is 12.5 Å². The average molecular weight is 214 g/mol. The third-order valence-electron chi connectivity index (χ3n) is 2.55. The Morgan fingerprint density at radius 2 is 1.94 bits per heavy atom. The molecule has 0 aliphatic carbocycles. The number of benzene rings is 1. The molecule has 2 rings (SSSR count). The van der Waals surface area contributed by atoms with Crippen LogP contribution in [0.3, 0.4) is 0 Å². The molecule has 0 saturated carbocycles. The second kappa shape index (κ2) is 5.26. The molecular weight excluding hydrogens is 200 g/mol. The van der Waals surface area contributed by atoms with E-state index in [2.05, 4.69) is 29.4 Å². The van der Waals surface area contributed by atoms with E-state index < -0.39 is 0 Å². The van der Waals surface area contributed by atoms with Gasteiger partial charge in [-0.15, -0.1) is 5.11 Å². The van der Waals surface area contributed by atoms with E-state index in [4.69, 9.17) is 10.3 Å². The summed E-state index contributed by atoms with van der Waals surface area (Å²) in [5.74, 6) is 0.392. The average Bonchev–Trinajstić information content (AvgIpc) is 2.38. The van der Waals surface area contributed by atoms with Crippen molar-refractivity contribution in [3.05, 3.63) is 59.5 Å². The van der Waals surface area contributed by atoms with Gasteiger partial charge in [-0.3, -0.25) is 0 Å². The summed E-state index contributed by atoms with van der Waals surface area (Å²) >= 11 is 0. The van der Waals surface area contributed by atoms with Crippen molar-refractivity contribution in [1.29, 1.82) is 5.53 Å². The zero-order chi connectivity index (χ0) is 11.2. The predicted octanol–water partition coefficient (Wildman–Crippen LogP) is 3.45. The Morgan fingerprint density at radius 1 is 1.12 bits per heavy atom. The summed E-state index contributed by atoms with van der Waals surface area (Å²) in [6.45, 7) is 0.557. The Balaban J connectivity index is 1.90. The summed E-state index contributed by atoms with van der Waals surface area (Å²) in [6, 6.07) is 10.4. The lowest BCUT2D eigenvalue weighted by Crippen LogP contribution is -2.03. The molecule has 3 nitrogen and oxygen atoms in total. The van der Waals surface area contributed by atoms with Gasteiger partial charge in [-0.2, -0.15) is 0 Å². The van der Waals surface area contributed by atoms with Gasteiger partial charge in [-0.1, -0.05) is 36.4 Å². The minimum Gasteiger partial charge on any atom is -0.472 e.